The van der Waals surface area contributed by atoms with Gasteiger partial charge in [0, 0.05) is 30.4 Å². The van der Waals surface area contributed by atoms with Crippen molar-refractivity contribution in [3.8, 4) is 10.7 Å². The Hall–Kier alpha value is -1.82. The average Bonchev–Trinajstić information content (AvgIpc) is 3.34. The number of likely N-dealkylation sites (tertiary alicyclic amines) is 1. The third-order valence-corrected chi connectivity index (χ3v) is 5.87. The molecule has 5 nitrogen and oxygen atoms in total. The molecule has 4 rings (SSSR count). The Balaban J connectivity index is 1.53. The summed E-state index contributed by atoms with van der Waals surface area (Å²) >= 11 is 1.46. The number of thiazole rings is 1. The molecule has 1 aliphatic carbocycles. The normalized spacial score (nSPS) is 21.9. The summed E-state index contributed by atoms with van der Waals surface area (Å²) in [5, 5.41) is 2.62. The van der Waals surface area contributed by atoms with Crippen LogP contribution < -0.4 is 0 Å². The van der Waals surface area contributed by atoms with E-state index in [1.165, 1.54) is 37.0 Å². The predicted octanol–water partition coefficient (Wildman–Crippen LogP) is 3.39. The van der Waals surface area contributed by atoms with Gasteiger partial charge in [0.2, 0.25) is 0 Å². The first-order chi connectivity index (χ1) is 11.3. The second kappa shape index (κ2) is 6.35. The molecule has 6 heteroatoms. The monoisotopic (exact) mass is 328 g/mol. The van der Waals surface area contributed by atoms with E-state index in [1.54, 1.807) is 18.6 Å². The van der Waals surface area contributed by atoms with E-state index in [2.05, 4.69) is 19.9 Å². The molecule has 3 heterocycles. The van der Waals surface area contributed by atoms with Crippen molar-refractivity contribution < 1.29 is 4.79 Å². The van der Waals surface area contributed by atoms with Gasteiger partial charge in [-0.05, 0) is 31.6 Å². The molecule has 0 aromatic carbocycles. The van der Waals surface area contributed by atoms with Crippen molar-refractivity contribution in [2.24, 2.45) is 5.92 Å². The van der Waals surface area contributed by atoms with E-state index in [4.69, 9.17) is 0 Å². The highest BCUT2D eigenvalue weighted by molar-refractivity contribution is 7.13. The molecule has 1 saturated heterocycles. The van der Waals surface area contributed by atoms with Crippen molar-refractivity contribution >= 4 is 17.2 Å². The third-order valence-electron chi connectivity index (χ3n) is 5.01. The van der Waals surface area contributed by atoms with Gasteiger partial charge >= 0.3 is 0 Å². The Labute approximate surface area is 139 Å². The van der Waals surface area contributed by atoms with Gasteiger partial charge in [0.25, 0.3) is 5.91 Å². The van der Waals surface area contributed by atoms with E-state index in [1.807, 2.05) is 5.38 Å². The SMILES string of the molecule is O=C(c1csc(-c2cnccn2)n1)N1CCC[C@@H]1C1CCCC1. The van der Waals surface area contributed by atoms with Crippen LogP contribution in [0.5, 0.6) is 0 Å². The van der Waals surface area contributed by atoms with Crippen LogP contribution in [0.4, 0.5) is 0 Å². The van der Waals surface area contributed by atoms with Gasteiger partial charge in [0.05, 0.1) is 6.20 Å². The first-order valence-corrected chi connectivity index (χ1v) is 9.24. The van der Waals surface area contributed by atoms with Crippen molar-refractivity contribution in [3.63, 3.8) is 0 Å². The minimum atomic E-state index is 0.0887. The maximum Gasteiger partial charge on any atom is 0.273 e. The van der Waals surface area contributed by atoms with Gasteiger partial charge in [0.15, 0.2) is 0 Å². The summed E-state index contributed by atoms with van der Waals surface area (Å²) in [5.74, 6) is 0.783. The zero-order valence-electron chi connectivity index (χ0n) is 13.0. The first-order valence-electron chi connectivity index (χ1n) is 8.36. The highest BCUT2D eigenvalue weighted by Gasteiger charge is 2.36. The molecule has 1 aliphatic heterocycles. The molecule has 2 aliphatic rings. The molecule has 1 amide bonds. The summed E-state index contributed by atoms with van der Waals surface area (Å²) in [4.78, 5) is 27.8. The highest BCUT2D eigenvalue weighted by atomic mass is 32.1. The summed E-state index contributed by atoms with van der Waals surface area (Å²) in [7, 11) is 0. The number of hydrogen-bond donors (Lipinski definition) is 0. The number of carbonyl (C=O) groups excluding carboxylic acids is 1. The van der Waals surface area contributed by atoms with Crippen LogP contribution in [0.25, 0.3) is 10.7 Å². The largest absolute Gasteiger partial charge is 0.334 e. The summed E-state index contributed by atoms with van der Waals surface area (Å²) in [5.41, 5.74) is 1.28. The summed E-state index contributed by atoms with van der Waals surface area (Å²) < 4.78 is 0. The van der Waals surface area contributed by atoms with Crippen molar-refractivity contribution in [1.82, 2.24) is 19.9 Å². The number of hydrogen-bond acceptors (Lipinski definition) is 5. The molecular weight excluding hydrogens is 308 g/mol. The van der Waals surface area contributed by atoms with Gasteiger partial charge in [-0.3, -0.25) is 14.8 Å². The minimum absolute atomic E-state index is 0.0887. The number of amides is 1. The van der Waals surface area contributed by atoms with Crippen LogP contribution in [0.2, 0.25) is 0 Å². The van der Waals surface area contributed by atoms with Crippen molar-refractivity contribution in [1.29, 1.82) is 0 Å². The van der Waals surface area contributed by atoms with E-state index >= 15 is 0 Å². The number of aromatic nitrogens is 3. The predicted molar refractivity (Wildman–Crippen MR) is 89.2 cm³/mol. The second-order valence-electron chi connectivity index (χ2n) is 6.38. The lowest BCUT2D eigenvalue weighted by Gasteiger charge is -2.28. The minimum Gasteiger partial charge on any atom is -0.334 e. The molecule has 0 bridgehead atoms. The molecule has 2 aromatic rings. The number of nitrogens with zero attached hydrogens (tertiary/aromatic N) is 4. The third kappa shape index (κ3) is 2.87. The van der Waals surface area contributed by atoms with Crippen LogP contribution in [0, 0.1) is 5.92 Å². The molecule has 0 N–H and O–H groups in total. The molecule has 120 valence electrons. The Bertz CT molecular complexity index is 681. The number of carbonyl (C=O) groups is 1. The van der Waals surface area contributed by atoms with E-state index in [9.17, 15) is 4.79 Å². The molecule has 0 unspecified atom stereocenters. The van der Waals surface area contributed by atoms with Gasteiger partial charge in [-0.2, -0.15) is 0 Å². The summed E-state index contributed by atoms with van der Waals surface area (Å²) in [6, 6.07) is 0.423. The summed E-state index contributed by atoms with van der Waals surface area (Å²) in [6.07, 6.45) is 12.4. The van der Waals surface area contributed by atoms with E-state index in [0.29, 0.717) is 17.7 Å². The maximum absolute atomic E-state index is 12.9. The lowest BCUT2D eigenvalue weighted by Crippen LogP contribution is -2.39. The molecule has 2 aromatic heterocycles. The molecule has 0 spiro atoms. The fraction of sp³-hybridized carbons (Fsp3) is 0.529. The van der Waals surface area contributed by atoms with Crippen LogP contribution in [0.1, 0.15) is 49.0 Å². The van der Waals surface area contributed by atoms with E-state index < -0.39 is 0 Å². The van der Waals surface area contributed by atoms with Gasteiger partial charge in [-0.15, -0.1) is 11.3 Å². The van der Waals surface area contributed by atoms with Gasteiger partial charge < -0.3 is 4.90 Å². The van der Waals surface area contributed by atoms with Gasteiger partial charge in [0.1, 0.15) is 16.4 Å². The van der Waals surface area contributed by atoms with E-state index in [-0.39, 0.29) is 5.91 Å². The molecule has 1 atom stereocenters. The van der Waals surface area contributed by atoms with Crippen LogP contribution >= 0.6 is 11.3 Å². The Morgan fingerprint density at radius 3 is 2.83 bits per heavy atom. The highest BCUT2D eigenvalue weighted by Crippen LogP contribution is 2.36. The average molecular weight is 328 g/mol. The number of rotatable bonds is 3. The van der Waals surface area contributed by atoms with Gasteiger partial charge in [-0.25, -0.2) is 4.98 Å². The Morgan fingerprint density at radius 1 is 1.17 bits per heavy atom. The molecule has 23 heavy (non-hydrogen) atoms. The molecule has 1 saturated carbocycles. The van der Waals surface area contributed by atoms with E-state index in [0.717, 1.165) is 30.1 Å². The first kappa shape index (κ1) is 14.8. The van der Waals surface area contributed by atoms with Crippen molar-refractivity contribution in [2.75, 3.05) is 6.54 Å². The lowest BCUT2D eigenvalue weighted by molar-refractivity contribution is 0.0684. The maximum atomic E-state index is 12.9. The zero-order valence-corrected chi connectivity index (χ0v) is 13.8. The van der Waals surface area contributed by atoms with Crippen LogP contribution in [-0.4, -0.2) is 38.3 Å². The molecular formula is C17H20N4OS. The van der Waals surface area contributed by atoms with Crippen LogP contribution in [0.15, 0.2) is 24.0 Å². The Kier molecular flexibility index (Phi) is 4.08. The van der Waals surface area contributed by atoms with Crippen molar-refractivity contribution in [3.05, 3.63) is 29.7 Å². The second-order valence-corrected chi connectivity index (χ2v) is 7.24. The standard InChI is InChI=1S/C17H20N4OS/c22-17(21-9-3-6-15(21)12-4-1-2-5-12)14-11-23-16(20-14)13-10-18-7-8-19-13/h7-8,10-12,15H,1-6,9H2/t15-/m1/s1. The fourth-order valence-corrected chi connectivity index (χ4v) is 4.68. The molecule has 2 fully saturated rings. The fourth-order valence-electron chi connectivity index (χ4n) is 3.92. The van der Waals surface area contributed by atoms with Crippen LogP contribution in [0.3, 0.4) is 0 Å². The smallest absolute Gasteiger partial charge is 0.273 e. The topological polar surface area (TPSA) is 59.0 Å². The Morgan fingerprint density at radius 2 is 2.04 bits per heavy atom. The van der Waals surface area contributed by atoms with Crippen molar-refractivity contribution in [2.45, 2.75) is 44.6 Å². The van der Waals surface area contributed by atoms with Gasteiger partial charge in [-0.1, -0.05) is 12.8 Å². The molecule has 0 radical (unpaired) electrons. The summed E-state index contributed by atoms with van der Waals surface area (Å²) in [6.45, 7) is 0.873. The zero-order chi connectivity index (χ0) is 15.6. The quantitative estimate of drug-likeness (QED) is 0.866. The lowest BCUT2D eigenvalue weighted by atomic mass is 9.96. The van der Waals surface area contributed by atoms with Crippen LogP contribution in [-0.2, 0) is 0 Å².